The molecule has 21 heavy (non-hydrogen) atoms. The first-order valence-electron chi connectivity index (χ1n) is 6.31. The smallest absolute Gasteiger partial charge is 0.366 e. The number of nitrogens with zero attached hydrogens (tertiary/aromatic N) is 2. The first-order chi connectivity index (χ1) is 9.91. The summed E-state index contributed by atoms with van der Waals surface area (Å²) in [6, 6.07) is 5.16. The van der Waals surface area contributed by atoms with E-state index in [-0.39, 0.29) is 6.54 Å². The van der Waals surface area contributed by atoms with Crippen LogP contribution < -0.4 is 5.32 Å². The molecule has 2 aromatic rings. The fourth-order valence-electron chi connectivity index (χ4n) is 1.90. The second-order valence-corrected chi connectivity index (χ2v) is 4.75. The molecule has 0 saturated heterocycles. The quantitative estimate of drug-likeness (QED) is 0.854. The minimum absolute atomic E-state index is 0.226. The van der Waals surface area contributed by atoms with Gasteiger partial charge in [-0.25, -0.2) is 9.97 Å². The lowest BCUT2D eigenvalue weighted by Crippen LogP contribution is -2.08. The maximum Gasteiger partial charge on any atom is 0.416 e. The van der Waals surface area contributed by atoms with Crippen molar-refractivity contribution in [3.8, 4) is 0 Å². The van der Waals surface area contributed by atoms with Gasteiger partial charge in [-0.15, -0.1) is 0 Å². The van der Waals surface area contributed by atoms with Gasteiger partial charge < -0.3 is 5.32 Å². The minimum atomic E-state index is -4.34. The largest absolute Gasteiger partial charge is 0.416 e. The van der Waals surface area contributed by atoms with Gasteiger partial charge in [0.1, 0.15) is 17.3 Å². The number of hydrogen-bond acceptors (Lipinski definition) is 3. The third-order valence-corrected chi connectivity index (χ3v) is 3.29. The molecule has 1 N–H and O–H groups in total. The van der Waals surface area contributed by atoms with Crippen molar-refractivity contribution in [3.05, 3.63) is 52.4 Å². The summed E-state index contributed by atoms with van der Waals surface area (Å²) in [6.07, 6.45) is -2.40. The van der Waals surface area contributed by atoms with Crippen LogP contribution in [0.3, 0.4) is 0 Å². The molecule has 7 heteroatoms. The average Bonchev–Trinajstić information content (AvgIpc) is 2.44. The highest BCUT2D eigenvalue weighted by Gasteiger charge is 2.30. The van der Waals surface area contributed by atoms with Crippen molar-refractivity contribution in [2.24, 2.45) is 0 Å². The van der Waals surface area contributed by atoms with Crippen molar-refractivity contribution in [1.29, 1.82) is 0 Å². The Morgan fingerprint density at radius 2 is 2.00 bits per heavy atom. The highest BCUT2D eigenvalue weighted by molar-refractivity contribution is 6.30. The highest BCUT2D eigenvalue weighted by Crippen LogP contribution is 2.29. The van der Waals surface area contributed by atoms with E-state index >= 15 is 0 Å². The molecule has 112 valence electrons. The molecule has 0 unspecified atom stereocenters. The molecule has 0 radical (unpaired) electrons. The Kier molecular flexibility index (Phi) is 4.67. The van der Waals surface area contributed by atoms with E-state index in [2.05, 4.69) is 15.3 Å². The Bertz CT molecular complexity index is 629. The molecular formula is C14H13ClF3N3. The number of hydrogen-bond donors (Lipinski definition) is 1. The molecule has 1 heterocycles. The monoisotopic (exact) mass is 315 g/mol. The number of benzene rings is 1. The molecule has 0 bridgehead atoms. The van der Waals surface area contributed by atoms with Crippen molar-refractivity contribution < 1.29 is 13.2 Å². The van der Waals surface area contributed by atoms with Gasteiger partial charge in [0, 0.05) is 12.1 Å². The molecule has 0 aliphatic heterocycles. The van der Waals surface area contributed by atoms with Crippen LogP contribution in [0, 0.1) is 0 Å². The summed E-state index contributed by atoms with van der Waals surface area (Å²) >= 11 is 5.96. The number of rotatable bonds is 4. The molecule has 0 saturated carbocycles. The maximum absolute atomic E-state index is 12.6. The SMILES string of the molecule is CCc1c(Cl)ncnc1NCc1cccc(C(F)(F)F)c1. The number of halogens is 4. The second kappa shape index (κ2) is 6.30. The van der Waals surface area contributed by atoms with Crippen molar-refractivity contribution >= 4 is 17.4 Å². The van der Waals surface area contributed by atoms with Gasteiger partial charge >= 0.3 is 6.18 Å². The first kappa shape index (κ1) is 15.6. The fraction of sp³-hybridized carbons (Fsp3) is 0.286. The summed E-state index contributed by atoms with van der Waals surface area (Å²) in [5.74, 6) is 0.537. The van der Waals surface area contributed by atoms with Gasteiger partial charge in [0.15, 0.2) is 0 Å². The maximum atomic E-state index is 12.6. The number of nitrogens with one attached hydrogen (secondary N) is 1. The van der Waals surface area contributed by atoms with Crippen LogP contribution >= 0.6 is 11.6 Å². The van der Waals surface area contributed by atoms with E-state index < -0.39 is 11.7 Å². The summed E-state index contributed by atoms with van der Waals surface area (Å²) in [4.78, 5) is 7.95. The molecule has 0 aliphatic carbocycles. The standard InChI is InChI=1S/C14H13ClF3N3/c1-2-11-12(15)20-8-21-13(11)19-7-9-4-3-5-10(6-9)14(16,17)18/h3-6,8H,2,7H2,1H3,(H,19,20,21). The van der Waals surface area contributed by atoms with Crippen molar-refractivity contribution in [3.63, 3.8) is 0 Å². The molecule has 2 rings (SSSR count). The Morgan fingerprint density at radius 3 is 2.67 bits per heavy atom. The van der Waals surface area contributed by atoms with Crippen molar-refractivity contribution in [2.75, 3.05) is 5.32 Å². The van der Waals surface area contributed by atoms with Crippen LogP contribution in [0.4, 0.5) is 19.0 Å². The number of anilines is 1. The zero-order valence-electron chi connectivity index (χ0n) is 11.2. The van der Waals surface area contributed by atoms with Crippen LogP contribution in [0.5, 0.6) is 0 Å². The molecule has 0 aliphatic rings. The molecule has 0 spiro atoms. The Labute approximate surface area is 125 Å². The zero-order chi connectivity index (χ0) is 15.5. The topological polar surface area (TPSA) is 37.8 Å². The van der Waals surface area contributed by atoms with E-state index in [9.17, 15) is 13.2 Å². The second-order valence-electron chi connectivity index (χ2n) is 4.40. The van der Waals surface area contributed by atoms with E-state index in [1.165, 1.54) is 12.4 Å². The Hall–Kier alpha value is -1.82. The lowest BCUT2D eigenvalue weighted by molar-refractivity contribution is -0.137. The molecule has 1 aromatic carbocycles. The fourth-order valence-corrected chi connectivity index (χ4v) is 2.17. The highest BCUT2D eigenvalue weighted by atomic mass is 35.5. The third kappa shape index (κ3) is 3.85. The molecule has 3 nitrogen and oxygen atoms in total. The lowest BCUT2D eigenvalue weighted by atomic mass is 10.1. The number of alkyl halides is 3. The van der Waals surface area contributed by atoms with Crippen molar-refractivity contribution in [2.45, 2.75) is 26.1 Å². The predicted molar refractivity (Wildman–Crippen MR) is 75.2 cm³/mol. The van der Waals surface area contributed by atoms with Crippen LogP contribution in [0.15, 0.2) is 30.6 Å². The third-order valence-electron chi connectivity index (χ3n) is 2.96. The van der Waals surface area contributed by atoms with Gasteiger partial charge in [-0.2, -0.15) is 13.2 Å². The first-order valence-corrected chi connectivity index (χ1v) is 6.69. The zero-order valence-corrected chi connectivity index (χ0v) is 12.0. The van der Waals surface area contributed by atoms with Gasteiger partial charge in [-0.1, -0.05) is 30.7 Å². The van der Waals surface area contributed by atoms with E-state index in [1.54, 1.807) is 6.07 Å². The van der Waals surface area contributed by atoms with Gasteiger partial charge in [0.25, 0.3) is 0 Å². The normalized spacial score (nSPS) is 11.5. The van der Waals surface area contributed by atoms with E-state index in [0.717, 1.165) is 17.7 Å². The molecule has 0 fully saturated rings. The molecular weight excluding hydrogens is 303 g/mol. The lowest BCUT2D eigenvalue weighted by Gasteiger charge is -2.12. The minimum Gasteiger partial charge on any atom is -0.366 e. The summed E-state index contributed by atoms with van der Waals surface area (Å²) in [5.41, 5.74) is 0.589. The summed E-state index contributed by atoms with van der Waals surface area (Å²) in [6.45, 7) is 2.13. The van der Waals surface area contributed by atoms with E-state index in [1.807, 2.05) is 6.92 Å². The van der Waals surface area contributed by atoms with Crippen LogP contribution in [-0.4, -0.2) is 9.97 Å². The van der Waals surface area contributed by atoms with Crippen LogP contribution in [0.25, 0.3) is 0 Å². The molecule has 1 aromatic heterocycles. The van der Waals surface area contributed by atoms with Crippen LogP contribution in [-0.2, 0) is 19.1 Å². The van der Waals surface area contributed by atoms with Gasteiger partial charge in [0.05, 0.1) is 5.56 Å². The van der Waals surface area contributed by atoms with Crippen LogP contribution in [0.2, 0.25) is 5.15 Å². The summed E-state index contributed by atoms with van der Waals surface area (Å²) in [5, 5.41) is 3.34. The molecule has 0 atom stereocenters. The van der Waals surface area contributed by atoms with Gasteiger partial charge in [0.2, 0.25) is 0 Å². The molecule has 0 amide bonds. The summed E-state index contributed by atoms with van der Waals surface area (Å²) in [7, 11) is 0. The average molecular weight is 316 g/mol. The van der Waals surface area contributed by atoms with E-state index in [4.69, 9.17) is 11.6 Å². The predicted octanol–water partition coefficient (Wildman–Crippen LogP) is 4.32. The number of aromatic nitrogens is 2. The van der Waals surface area contributed by atoms with Crippen LogP contribution in [0.1, 0.15) is 23.6 Å². The van der Waals surface area contributed by atoms with Crippen molar-refractivity contribution in [1.82, 2.24) is 9.97 Å². The Morgan fingerprint density at radius 1 is 1.24 bits per heavy atom. The van der Waals surface area contributed by atoms with Gasteiger partial charge in [-0.05, 0) is 24.1 Å². The van der Waals surface area contributed by atoms with E-state index in [0.29, 0.717) is 23.0 Å². The summed E-state index contributed by atoms with van der Waals surface area (Å²) < 4.78 is 37.9. The Balaban J connectivity index is 2.16. The van der Waals surface area contributed by atoms with Gasteiger partial charge in [-0.3, -0.25) is 0 Å².